The smallest absolute Gasteiger partial charge is 0.0720 e. The molecule has 1 aliphatic carbocycles. The maximum Gasteiger partial charge on any atom is 0.0720 e. The second kappa shape index (κ2) is 5.04. The highest BCUT2D eigenvalue weighted by Gasteiger charge is 2.20. The number of rotatable bonds is 1. The molecule has 3 rings (SSSR count). The van der Waals surface area contributed by atoms with Crippen molar-refractivity contribution in [2.45, 2.75) is 57.8 Å². The van der Waals surface area contributed by atoms with E-state index in [1.807, 2.05) is 0 Å². The summed E-state index contributed by atoms with van der Waals surface area (Å²) in [7, 11) is 0. The van der Waals surface area contributed by atoms with E-state index in [0.717, 1.165) is 15.9 Å². The molecule has 1 heterocycles. The summed E-state index contributed by atoms with van der Waals surface area (Å²) < 4.78 is 0. The molecular weight excluding hydrogens is 266 g/mol. The predicted octanol–water partition coefficient (Wildman–Crippen LogP) is 5.84. The zero-order valence-corrected chi connectivity index (χ0v) is 13.3. The van der Waals surface area contributed by atoms with E-state index in [2.05, 4.69) is 45.0 Å². The lowest BCUT2D eigenvalue weighted by molar-refractivity contribution is 0.591. The van der Waals surface area contributed by atoms with Gasteiger partial charge in [0, 0.05) is 17.0 Å². The van der Waals surface area contributed by atoms with E-state index < -0.39 is 0 Å². The average Bonchev–Trinajstić information content (AvgIpc) is 2.91. The zero-order chi connectivity index (χ0) is 14.3. The summed E-state index contributed by atoms with van der Waals surface area (Å²) in [5, 5.41) is 1.93. The number of benzene rings is 1. The van der Waals surface area contributed by atoms with Crippen LogP contribution >= 0.6 is 11.6 Å². The molecule has 2 aromatic rings. The first-order chi connectivity index (χ1) is 9.45. The van der Waals surface area contributed by atoms with Gasteiger partial charge in [0.2, 0.25) is 0 Å². The molecule has 2 heteroatoms. The van der Waals surface area contributed by atoms with Gasteiger partial charge in [-0.05, 0) is 42.0 Å². The standard InChI is InChI=1S/C18H22ClN/c1-18(2,3)13-8-9-16-14(10-13)15(19)11-17(20-16)12-6-4-5-7-12/h8-12H,4-7H2,1-3H3. The van der Waals surface area contributed by atoms with Crippen LogP contribution in [0.4, 0.5) is 0 Å². The first kappa shape index (κ1) is 13.9. The normalized spacial score (nSPS) is 17.0. The number of hydrogen-bond donors (Lipinski definition) is 0. The van der Waals surface area contributed by atoms with Crippen LogP contribution < -0.4 is 0 Å². The second-order valence-corrected chi connectivity index (χ2v) is 7.40. The Balaban J connectivity index is 2.09. The quantitative estimate of drug-likeness (QED) is 0.642. The second-order valence-electron chi connectivity index (χ2n) is 6.99. The Kier molecular flexibility index (Phi) is 3.50. The molecular formula is C18H22ClN. The Morgan fingerprint density at radius 2 is 1.80 bits per heavy atom. The molecule has 1 fully saturated rings. The molecule has 1 aromatic carbocycles. The molecule has 0 N–H and O–H groups in total. The number of fused-ring (bicyclic) bond motifs is 1. The first-order valence-electron chi connectivity index (χ1n) is 7.56. The molecule has 0 saturated heterocycles. The molecule has 0 radical (unpaired) electrons. The third-order valence-electron chi connectivity index (χ3n) is 4.42. The predicted molar refractivity (Wildman–Crippen MR) is 86.7 cm³/mol. The third kappa shape index (κ3) is 2.56. The van der Waals surface area contributed by atoms with Crippen LogP contribution in [0, 0.1) is 0 Å². The highest BCUT2D eigenvalue weighted by molar-refractivity contribution is 6.35. The molecule has 0 spiro atoms. The van der Waals surface area contributed by atoms with E-state index in [1.54, 1.807) is 0 Å². The lowest BCUT2D eigenvalue weighted by Gasteiger charge is -2.20. The van der Waals surface area contributed by atoms with Crippen LogP contribution in [0.15, 0.2) is 24.3 Å². The third-order valence-corrected chi connectivity index (χ3v) is 4.73. The fourth-order valence-corrected chi connectivity index (χ4v) is 3.36. The van der Waals surface area contributed by atoms with E-state index in [0.29, 0.717) is 5.92 Å². The molecule has 1 aliphatic rings. The minimum Gasteiger partial charge on any atom is -0.252 e. The van der Waals surface area contributed by atoms with Gasteiger partial charge in [-0.1, -0.05) is 51.3 Å². The molecule has 106 valence electrons. The SMILES string of the molecule is CC(C)(C)c1ccc2nc(C3CCCC3)cc(Cl)c2c1. The minimum atomic E-state index is 0.141. The van der Waals surface area contributed by atoms with Crippen LogP contribution in [0.3, 0.4) is 0 Å². The highest BCUT2D eigenvalue weighted by Crippen LogP contribution is 2.36. The van der Waals surface area contributed by atoms with E-state index >= 15 is 0 Å². The van der Waals surface area contributed by atoms with Gasteiger partial charge in [-0.2, -0.15) is 0 Å². The van der Waals surface area contributed by atoms with Gasteiger partial charge in [0.15, 0.2) is 0 Å². The molecule has 1 saturated carbocycles. The maximum atomic E-state index is 6.52. The van der Waals surface area contributed by atoms with Gasteiger partial charge < -0.3 is 0 Å². The number of halogens is 1. The molecule has 0 aliphatic heterocycles. The summed E-state index contributed by atoms with van der Waals surface area (Å²) >= 11 is 6.52. The lowest BCUT2D eigenvalue weighted by atomic mass is 9.86. The van der Waals surface area contributed by atoms with Crippen LogP contribution in [0.5, 0.6) is 0 Å². The Hall–Kier alpha value is -1.08. The summed E-state index contributed by atoms with van der Waals surface area (Å²) in [6.07, 6.45) is 5.17. The van der Waals surface area contributed by atoms with Gasteiger partial charge in [-0.15, -0.1) is 0 Å². The minimum absolute atomic E-state index is 0.141. The van der Waals surface area contributed by atoms with Gasteiger partial charge in [-0.25, -0.2) is 0 Å². The van der Waals surface area contributed by atoms with Crippen molar-refractivity contribution >= 4 is 22.5 Å². The van der Waals surface area contributed by atoms with Crippen molar-refractivity contribution < 1.29 is 0 Å². The van der Waals surface area contributed by atoms with Crippen LogP contribution in [0.1, 0.15) is 63.6 Å². The van der Waals surface area contributed by atoms with Gasteiger partial charge >= 0.3 is 0 Å². The lowest BCUT2D eigenvalue weighted by Crippen LogP contribution is -2.10. The summed E-state index contributed by atoms with van der Waals surface area (Å²) in [5.74, 6) is 0.610. The summed E-state index contributed by atoms with van der Waals surface area (Å²) in [5.41, 5.74) is 3.67. The maximum absolute atomic E-state index is 6.52. The first-order valence-corrected chi connectivity index (χ1v) is 7.93. The van der Waals surface area contributed by atoms with Crippen molar-refractivity contribution in [3.05, 3.63) is 40.5 Å². The summed E-state index contributed by atoms with van der Waals surface area (Å²) in [6.45, 7) is 6.67. The van der Waals surface area contributed by atoms with E-state index in [9.17, 15) is 0 Å². The topological polar surface area (TPSA) is 12.9 Å². The fraction of sp³-hybridized carbons (Fsp3) is 0.500. The molecule has 0 bridgehead atoms. The van der Waals surface area contributed by atoms with E-state index in [-0.39, 0.29) is 5.41 Å². The van der Waals surface area contributed by atoms with Gasteiger partial charge in [-0.3, -0.25) is 4.98 Å². The van der Waals surface area contributed by atoms with Crippen molar-refractivity contribution in [2.24, 2.45) is 0 Å². The highest BCUT2D eigenvalue weighted by atomic mass is 35.5. The Morgan fingerprint density at radius 1 is 1.10 bits per heavy atom. The zero-order valence-electron chi connectivity index (χ0n) is 12.5. The molecule has 0 amide bonds. The van der Waals surface area contributed by atoms with Crippen LogP contribution in [0.25, 0.3) is 10.9 Å². The summed E-state index contributed by atoms with van der Waals surface area (Å²) in [6, 6.07) is 8.60. The van der Waals surface area contributed by atoms with Crippen molar-refractivity contribution in [3.63, 3.8) is 0 Å². The average molecular weight is 288 g/mol. The van der Waals surface area contributed by atoms with Crippen LogP contribution in [-0.4, -0.2) is 4.98 Å². The van der Waals surface area contributed by atoms with Crippen molar-refractivity contribution in [3.8, 4) is 0 Å². The number of pyridine rings is 1. The van der Waals surface area contributed by atoms with Crippen LogP contribution in [-0.2, 0) is 5.41 Å². The van der Waals surface area contributed by atoms with Gasteiger partial charge in [0.25, 0.3) is 0 Å². The van der Waals surface area contributed by atoms with Gasteiger partial charge in [0.05, 0.1) is 10.5 Å². The van der Waals surface area contributed by atoms with Gasteiger partial charge in [0.1, 0.15) is 0 Å². The van der Waals surface area contributed by atoms with Crippen molar-refractivity contribution in [1.82, 2.24) is 4.98 Å². The summed E-state index contributed by atoms with van der Waals surface area (Å²) in [4.78, 5) is 4.86. The molecule has 1 nitrogen and oxygen atoms in total. The monoisotopic (exact) mass is 287 g/mol. The Labute approximate surface area is 126 Å². The Bertz CT molecular complexity index is 634. The van der Waals surface area contributed by atoms with E-state index in [4.69, 9.17) is 16.6 Å². The molecule has 0 unspecified atom stereocenters. The fourth-order valence-electron chi connectivity index (χ4n) is 3.10. The van der Waals surface area contributed by atoms with Crippen molar-refractivity contribution in [2.75, 3.05) is 0 Å². The number of aromatic nitrogens is 1. The number of nitrogens with zero attached hydrogens (tertiary/aromatic N) is 1. The molecule has 20 heavy (non-hydrogen) atoms. The number of hydrogen-bond acceptors (Lipinski definition) is 1. The van der Waals surface area contributed by atoms with E-state index in [1.165, 1.54) is 36.9 Å². The molecule has 1 aromatic heterocycles. The van der Waals surface area contributed by atoms with Crippen LogP contribution in [0.2, 0.25) is 5.02 Å². The van der Waals surface area contributed by atoms with Crippen molar-refractivity contribution in [1.29, 1.82) is 0 Å². The Morgan fingerprint density at radius 3 is 2.45 bits per heavy atom. The molecule has 0 atom stereocenters. The largest absolute Gasteiger partial charge is 0.252 e.